The predicted molar refractivity (Wildman–Crippen MR) is 97.7 cm³/mol. The number of amides is 3. The zero-order valence-corrected chi connectivity index (χ0v) is 15.4. The molecule has 1 heterocycles. The molecule has 0 spiro atoms. The maximum Gasteiger partial charge on any atom is 0.293 e. The summed E-state index contributed by atoms with van der Waals surface area (Å²) in [5.41, 5.74) is -0.304. The molecule has 150 valence electrons. The third-order valence-electron chi connectivity index (χ3n) is 3.93. The van der Waals surface area contributed by atoms with Crippen LogP contribution < -0.4 is 5.32 Å². The van der Waals surface area contributed by atoms with Crippen LogP contribution in [-0.2, 0) is 4.79 Å². The summed E-state index contributed by atoms with van der Waals surface area (Å²) in [5, 5.41) is 1.68. The van der Waals surface area contributed by atoms with Crippen LogP contribution in [-0.4, -0.2) is 35.0 Å². The highest BCUT2D eigenvalue weighted by Gasteiger charge is 2.34. The molecule has 1 N–H and O–H groups in total. The first-order chi connectivity index (χ1) is 13.8. The summed E-state index contributed by atoms with van der Waals surface area (Å²) in [6.45, 7) is -0.415. The van der Waals surface area contributed by atoms with Gasteiger partial charge in [0.15, 0.2) is 17.5 Å². The molecule has 1 aliphatic rings. The van der Waals surface area contributed by atoms with E-state index in [9.17, 15) is 31.9 Å². The first-order valence-corrected chi connectivity index (χ1v) is 9.02. The number of benzene rings is 2. The third kappa shape index (κ3) is 4.48. The standard InChI is InChI=1S/C19H12F4N2O3S/c20-12-4-2-1-3-10(12)9-15-18(27)25(19(28)29-15)6-5-24-17(26)11-7-13(21)16(23)14(22)8-11/h1-4,7-9H,5-6H2,(H,24,26)/b15-9-. The maximum absolute atomic E-state index is 13.7. The van der Waals surface area contributed by atoms with Crippen LogP contribution in [0, 0.1) is 23.3 Å². The first kappa shape index (κ1) is 20.6. The van der Waals surface area contributed by atoms with E-state index in [0.717, 1.165) is 4.90 Å². The smallest absolute Gasteiger partial charge is 0.293 e. The highest BCUT2D eigenvalue weighted by molar-refractivity contribution is 8.18. The Morgan fingerprint density at radius 3 is 2.34 bits per heavy atom. The summed E-state index contributed by atoms with van der Waals surface area (Å²) in [6, 6.07) is 6.79. The van der Waals surface area contributed by atoms with Crippen LogP contribution >= 0.6 is 11.8 Å². The Kier molecular flexibility index (Phi) is 6.02. The Morgan fingerprint density at radius 1 is 1.03 bits per heavy atom. The molecular formula is C19H12F4N2O3S. The first-order valence-electron chi connectivity index (χ1n) is 8.20. The fourth-order valence-electron chi connectivity index (χ4n) is 2.50. The number of carbonyl (C=O) groups excluding carboxylic acids is 3. The molecule has 1 aliphatic heterocycles. The van der Waals surface area contributed by atoms with Crippen LogP contribution in [0.5, 0.6) is 0 Å². The quantitative estimate of drug-likeness (QED) is 0.452. The number of imide groups is 1. The van der Waals surface area contributed by atoms with Gasteiger partial charge in [-0.2, -0.15) is 0 Å². The topological polar surface area (TPSA) is 66.5 Å². The highest BCUT2D eigenvalue weighted by atomic mass is 32.2. The van der Waals surface area contributed by atoms with Gasteiger partial charge in [-0.25, -0.2) is 17.6 Å². The van der Waals surface area contributed by atoms with Crippen molar-refractivity contribution < 1.29 is 31.9 Å². The van der Waals surface area contributed by atoms with Crippen molar-refractivity contribution in [3.05, 3.63) is 75.7 Å². The molecule has 3 rings (SSSR count). The number of hydrogen-bond donors (Lipinski definition) is 1. The van der Waals surface area contributed by atoms with Gasteiger partial charge in [0.25, 0.3) is 17.1 Å². The van der Waals surface area contributed by atoms with Crippen LogP contribution in [0.2, 0.25) is 0 Å². The Bertz CT molecular complexity index is 1020. The normalized spacial score (nSPS) is 15.3. The van der Waals surface area contributed by atoms with Crippen LogP contribution in [0.4, 0.5) is 22.4 Å². The van der Waals surface area contributed by atoms with Crippen molar-refractivity contribution in [2.75, 3.05) is 13.1 Å². The Morgan fingerprint density at radius 2 is 1.69 bits per heavy atom. The van der Waals surface area contributed by atoms with Gasteiger partial charge in [-0.15, -0.1) is 0 Å². The van der Waals surface area contributed by atoms with E-state index in [0.29, 0.717) is 23.9 Å². The zero-order valence-electron chi connectivity index (χ0n) is 14.5. The van der Waals surface area contributed by atoms with Gasteiger partial charge in [-0.1, -0.05) is 18.2 Å². The molecule has 0 atom stereocenters. The van der Waals surface area contributed by atoms with Gasteiger partial charge in [-0.3, -0.25) is 19.3 Å². The van der Waals surface area contributed by atoms with Gasteiger partial charge in [0.05, 0.1) is 4.91 Å². The second kappa shape index (κ2) is 8.48. The average Bonchev–Trinajstić information content (AvgIpc) is 2.94. The fraction of sp³-hybridized carbons (Fsp3) is 0.105. The molecule has 0 unspecified atom stereocenters. The van der Waals surface area contributed by atoms with Crippen LogP contribution in [0.3, 0.4) is 0 Å². The van der Waals surface area contributed by atoms with E-state index < -0.39 is 45.9 Å². The minimum absolute atomic E-state index is 0.0223. The summed E-state index contributed by atoms with van der Waals surface area (Å²) >= 11 is 0.624. The van der Waals surface area contributed by atoms with Gasteiger partial charge in [-0.05, 0) is 36.0 Å². The van der Waals surface area contributed by atoms with Gasteiger partial charge >= 0.3 is 0 Å². The number of carbonyl (C=O) groups is 3. The lowest BCUT2D eigenvalue weighted by molar-refractivity contribution is -0.122. The highest BCUT2D eigenvalue weighted by Crippen LogP contribution is 2.32. The molecule has 29 heavy (non-hydrogen) atoms. The molecule has 3 amide bonds. The van der Waals surface area contributed by atoms with Gasteiger partial charge in [0.2, 0.25) is 0 Å². The van der Waals surface area contributed by atoms with Crippen molar-refractivity contribution in [3.8, 4) is 0 Å². The molecule has 2 aromatic rings. The number of thioether (sulfide) groups is 1. The maximum atomic E-state index is 13.7. The van der Waals surface area contributed by atoms with Crippen molar-refractivity contribution in [1.82, 2.24) is 10.2 Å². The van der Waals surface area contributed by atoms with E-state index in [1.165, 1.54) is 24.3 Å². The molecular weight excluding hydrogens is 412 g/mol. The molecule has 10 heteroatoms. The van der Waals surface area contributed by atoms with Crippen molar-refractivity contribution in [2.45, 2.75) is 0 Å². The summed E-state index contributed by atoms with van der Waals surface area (Å²) in [7, 11) is 0. The van der Waals surface area contributed by atoms with Gasteiger partial charge in [0, 0.05) is 24.2 Å². The summed E-state index contributed by atoms with van der Waals surface area (Å²) in [6.07, 6.45) is 1.25. The second-order valence-corrected chi connectivity index (χ2v) is 6.86. The Balaban J connectivity index is 1.62. The number of halogens is 4. The number of nitrogens with one attached hydrogen (secondary N) is 1. The van der Waals surface area contributed by atoms with Crippen LogP contribution in [0.15, 0.2) is 41.3 Å². The Hall–Kier alpha value is -3.14. The second-order valence-electron chi connectivity index (χ2n) is 5.86. The monoisotopic (exact) mass is 424 g/mol. The average molecular weight is 424 g/mol. The Labute approximate surface area is 166 Å². The SMILES string of the molecule is O=C(NCCN1C(=O)S/C(=C\c2ccccc2F)C1=O)c1cc(F)c(F)c(F)c1. The molecule has 1 saturated heterocycles. The van der Waals surface area contributed by atoms with Crippen molar-refractivity contribution in [1.29, 1.82) is 0 Å². The fourth-order valence-corrected chi connectivity index (χ4v) is 3.35. The molecule has 2 aromatic carbocycles. The number of nitrogens with zero attached hydrogens (tertiary/aromatic N) is 1. The van der Waals surface area contributed by atoms with Crippen molar-refractivity contribution in [2.24, 2.45) is 0 Å². The lowest BCUT2D eigenvalue weighted by Gasteiger charge is -2.13. The zero-order chi connectivity index (χ0) is 21.1. The number of hydrogen-bond acceptors (Lipinski definition) is 4. The summed E-state index contributed by atoms with van der Waals surface area (Å²) < 4.78 is 53.0. The lowest BCUT2D eigenvalue weighted by Crippen LogP contribution is -2.37. The minimum Gasteiger partial charge on any atom is -0.350 e. The molecule has 0 aliphatic carbocycles. The lowest BCUT2D eigenvalue weighted by atomic mass is 10.2. The van der Waals surface area contributed by atoms with Gasteiger partial charge in [0.1, 0.15) is 5.82 Å². The van der Waals surface area contributed by atoms with E-state index >= 15 is 0 Å². The van der Waals surface area contributed by atoms with E-state index in [4.69, 9.17) is 0 Å². The molecule has 1 fully saturated rings. The molecule has 0 radical (unpaired) electrons. The predicted octanol–water partition coefficient (Wildman–Crippen LogP) is 3.71. The largest absolute Gasteiger partial charge is 0.350 e. The number of rotatable bonds is 5. The summed E-state index contributed by atoms with van der Waals surface area (Å²) in [4.78, 5) is 37.2. The molecule has 0 bridgehead atoms. The van der Waals surface area contributed by atoms with E-state index in [1.807, 2.05) is 0 Å². The van der Waals surface area contributed by atoms with Crippen LogP contribution in [0.1, 0.15) is 15.9 Å². The molecule has 0 saturated carbocycles. The minimum atomic E-state index is -1.69. The van der Waals surface area contributed by atoms with E-state index in [1.54, 1.807) is 6.07 Å². The van der Waals surface area contributed by atoms with Crippen LogP contribution in [0.25, 0.3) is 6.08 Å². The van der Waals surface area contributed by atoms with Gasteiger partial charge < -0.3 is 5.32 Å². The third-order valence-corrected chi connectivity index (χ3v) is 4.84. The summed E-state index contributed by atoms with van der Waals surface area (Å²) in [5.74, 6) is -6.84. The van der Waals surface area contributed by atoms with E-state index in [-0.39, 0.29) is 23.6 Å². The van der Waals surface area contributed by atoms with Crippen molar-refractivity contribution in [3.63, 3.8) is 0 Å². The van der Waals surface area contributed by atoms with E-state index in [2.05, 4.69) is 5.32 Å². The van der Waals surface area contributed by atoms with Crippen molar-refractivity contribution >= 4 is 34.9 Å². The molecule has 0 aromatic heterocycles. The molecule has 5 nitrogen and oxygen atoms in total.